The predicted molar refractivity (Wildman–Crippen MR) is 82.4 cm³/mol. The third-order valence-corrected chi connectivity index (χ3v) is 3.54. The van der Waals surface area contributed by atoms with Crippen molar-refractivity contribution in [3.63, 3.8) is 0 Å². The van der Waals surface area contributed by atoms with Crippen LogP contribution < -0.4 is 4.74 Å². The molecule has 0 saturated heterocycles. The smallest absolute Gasteiger partial charge is 0.126 e. The summed E-state index contributed by atoms with van der Waals surface area (Å²) < 4.78 is 5.76. The maximum Gasteiger partial charge on any atom is 0.126 e. The molecule has 2 atom stereocenters. The second kappa shape index (κ2) is 6.29. The van der Waals surface area contributed by atoms with Crippen molar-refractivity contribution < 1.29 is 9.84 Å². The molecule has 0 spiro atoms. The Morgan fingerprint density at radius 1 is 1.10 bits per heavy atom. The minimum atomic E-state index is -0.672. The van der Waals surface area contributed by atoms with Gasteiger partial charge in [0.15, 0.2) is 0 Å². The van der Waals surface area contributed by atoms with Crippen LogP contribution in [0.2, 0.25) is 5.02 Å². The number of halogens is 1. The zero-order valence-electron chi connectivity index (χ0n) is 11.9. The summed E-state index contributed by atoms with van der Waals surface area (Å²) in [4.78, 5) is 0. The third-order valence-electron chi connectivity index (χ3n) is 3.31. The average molecular weight is 291 g/mol. The Morgan fingerprint density at radius 3 is 2.50 bits per heavy atom. The number of rotatable bonds is 4. The average Bonchev–Trinajstić information content (AvgIpc) is 2.38. The van der Waals surface area contributed by atoms with Crippen LogP contribution in [-0.4, -0.2) is 11.2 Å². The molecule has 0 aromatic heterocycles. The topological polar surface area (TPSA) is 29.5 Å². The van der Waals surface area contributed by atoms with E-state index in [4.69, 9.17) is 16.3 Å². The lowest BCUT2D eigenvalue weighted by Crippen LogP contribution is -2.22. The van der Waals surface area contributed by atoms with Gasteiger partial charge in [-0.05, 0) is 50.1 Å². The third kappa shape index (κ3) is 3.53. The largest absolute Gasteiger partial charge is 0.488 e. The van der Waals surface area contributed by atoms with Gasteiger partial charge < -0.3 is 9.84 Å². The molecular formula is C17H19ClO2. The highest BCUT2D eigenvalue weighted by Gasteiger charge is 2.19. The van der Waals surface area contributed by atoms with Crippen molar-refractivity contribution in [2.75, 3.05) is 0 Å². The van der Waals surface area contributed by atoms with E-state index in [2.05, 4.69) is 6.07 Å². The van der Waals surface area contributed by atoms with E-state index in [1.54, 1.807) is 12.1 Å². The van der Waals surface area contributed by atoms with Crippen molar-refractivity contribution in [1.29, 1.82) is 0 Å². The predicted octanol–water partition coefficient (Wildman–Crippen LogP) is 4.46. The van der Waals surface area contributed by atoms with Crippen molar-refractivity contribution in [2.24, 2.45) is 0 Å². The van der Waals surface area contributed by atoms with Gasteiger partial charge in [0.2, 0.25) is 0 Å². The summed E-state index contributed by atoms with van der Waals surface area (Å²) in [5.74, 6) is 0.661. The van der Waals surface area contributed by atoms with E-state index in [0.717, 1.165) is 11.1 Å². The first-order chi connectivity index (χ1) is 9.47. The van der Waals surface area contributed by atoms with Crippen molar-refractivity contribution >= 4 is 11.6 Å². The van der Waals surface area contributed by atoms with Crippen LogP contribution in [0.4, 0.5) is 0 Å². The van der Waals surface area contributed by atoms with E-state index in [1.165, 1.54) is 5.56 Å². The first kappa shape index (κ1) is 14.9. The van der Waals surface area contributed by atoms with Crippen molar-refractivity contribution in [3.05, 3.63) is 64.2 Å². The molecule has 0 heterocycles. The van der Waals surface area contributed by atoms with Gasteiger partial charge in [0, 0.05) is 5.02 Å². The maximum absolute atomic E-state index is 10.4. The molecule has 1 N–H and O–H groups in total. The van der Waals surface area contributed by atoms with Gasteiger partial charge in [-0.3, -0.25) is 0 Å². The van der Waals surface area contributed by atoms with Crippen molar-refractivity contribution in [2.45, 2.75) is 33.0 Å². The van der Waals surface area contributed by atoms with E-state index in [-0.39, 0.29) is 6.10 Å². The number of aliphatic hydroxyl groups is 1. The number of ether oxygens (including phenoxy) is 1. The van der Waals surface area contributed by atoms with Crippen LogP contribution in [0.25, 0.3) is 0 Å². The molecule has 0 bridgehead atoms. The highest BCUT2D eigenvalue weighted by molar-refractivity contribution is 6.30. The van der Waals surface area contributed by atoms with Gasteiger partial charge in [-0.1, -0.05) is 41.4 Å². The fourth-order valence-corrected chi connectivity index (χ4v) is 2.41. The number of aliphatic hydroxyl groups excluding tert-OH is 1. The Bertz CT molecular complexity index is 595. The molecule has 2 rings (SSSR count). The lowest BCUT2D eigenvalue weighted by Gasteiger charge is -2.22. The molecule has 2 aromatic carbocycles. The van der Waals surface area contributed by atoms with Gasteiger partial charge in [0.1, 0.15) is 18.0 Å². The zero-order valence-corrected chi connectivity index (χ0v) is 12.7. The highest BCUT2D eigenvalue weighted by atomic mass is 35.5. The lowest BCUT2D eigenvalue weighted by molar-refractivity contribution is 0.0463. The summed E-state index contributed by atoms with van der Waals surface area (Å²) in [5.41, 5.74) is 3.14. The van der Waals surface area contributed by atoms with Crippen LogP contribution in [0.15, 0.2) is 42.5 Å². The van der Waals surface area contributed by atoms with Crippen molar-refractivity contribution in [3.8, 4) is 5.75 Å². The molecule has 0 radical (unpaired) electrons. The Kier molecular flexibility index (Phi) is 4.69. The first-order valence-corrected chi connectivity index (χ1v) is 7.02. The normalized spacial score (nSPS) is 13.8. The van der Waals surface area contributed by atoms with Gasteiger partial charge in [0.25, 0.3) is 0 Å². The summed E-state index contributed by atoms with van der Waals surface area (Å²) in [6, 6.07) is 13.2. The number of hydrogen-bond acceptors (Lipinski definition) is 2. The molecule has 2 aromatic rings. The molecule has 0 saturated carbocycles. The fraction of sp³-hybridized carbons (Fsp3) is 0.294. The van der Waals surface area contributed by atoms with E-state index in [0.29, 0.717) is 10.8 Å². The first-order valence-electron chi connectivity index (χ1n) is 6.65. The van der Waals surface area contributed by atoms with Gasteiger partial charge >= 0.3 is 0 Å². The minimum absolute atomic E-state index is 0.352. The second-order valence-electron chi connectivity index (χ2n) is 5.09. The van der Waals surface area contributed by atoms with Crippen LogP contribution in [0.5, 0.6) is 5.75 Å². The minimum Gasteiger partial charge on any atom is -0.488 e. The molecule has 20 heavy (non-hydrogen) atoms. The summed E-state index contributed by atoms with van der Waals surface area (Å²) in [7, 11) is 0. The van der Waals surface area contributed by atoms with Crippen LogP contribution in [0.3, 0.4) is 0 Å². The summed E-state index contributed by atoms with van der Waals surface area (Å²) in [6.07, 6.45) is -1.02. The van der Waals surface area contributed by atoms with Crippen LogP contribution in [-0.2, 0) is 0 Å². The lowest BCUT2D eigenvalue weighted by atomic mass is 9.98. The number of benzene rings is 2. The Balaban J connectivity index is 2.14. The molecule has 0 fully saturated rings. The Labute approximate surface area is 125 Å². The van der Waals surface area contributed by atoms with Crippen LogP contribution in [0, 0.1) is 13.8 Å². The van der Waals surface area contributed by atoms with Gasteiger partial charge in [-0.15, -0.1) is 0 Å². The summed E-state index contributed by atoms with van der Waals surface area (Å²) >= 11 is 5.93. The Morgan fingerprint density at radius 2 is 1.85 bits per heavy atom. The summed E-state index contributed by atoms with van der Waals surface area (Å²) in [6.45, 7) is 5.89. The van der Waals surface area contributed by atoms with Crippen LogP contribution >= 0.6 is 11.6 Å². The molecule has 0 aliphatic heterocycles. The van der Waals surface area contributed by atoms with Crippen LogP contribution in [0.1, 0.15) is 29.7 Å². The Hall–Kier alpha value is -1.51. The summed E-state index contributed by atoms with van der Waals surface area (Å²) in [5, 5.41) is 11.1. The van der Waals surface area contributed by atoms with E-state index >= 15 is 0 Å². The monoisotopic (exact) mass is 290 g/mol. The fourth-order valence-electron chi connectivity index (χ4n) is 2.23. The molecule has 2 unspecified atom stereocenters. The van der Waals surface area contributed by atoms with Gasteiger partial charge in [-0.2, -0.15) is 0 Å². The maximum atomic E-state index is 10.4. The van der Waals surface area contributed by atoms with Gasteiger partial charge in [-0.25, -0.2) is 0 Å². The second-order valence-corrected chi connectivity index (χ2v) is 5.52. The molecular weight excluding hydrogens is 272 g/mol. The quantitative estimate of drug-likeness (QED) is 0.901. The van der Waals surface area contributed by atoms with Crippen molar-refractivity contribution in [1.82, 2.24) is 0 Å². The van der Waals surface area contributed by atoms with E-state index < -0.39 is 6.10 Å². The highest BCUT2D eigenvalue weighted by Crippen LogP contribution is 2.26. The molecule has 3 heteroatoms. The van der Waals surface area contributed by atoms with E-state index in [9.17, 15) is 5.11 Å². The standard InChI is InChI=1S/C17H19ClO2/c1-11-7-8-16(12(2)9-11)17(19)13(3)20-15-6-4-5-14(18)10-15/h4-10,13,17,19H,1-3H3. The van der Waals surface area contributed by atoms with Gasteiger partial charge in [0.05, 0.1) is 0 Å². The molecule has 0 aliphatic carbocycles. The number of hydrogen-bond donors (Lipinski definition) is 1. The van der Waals surface area contributed by atoms with E-state index in [1.807, 2.05) is 45.0 Å². The molecule has 0 aliphatic rings. The molecule has 0 amide bonds. The SMILES string of the molecule is Cc1ccc(C(O)C(C)Oc2cccc(Cl)c2)c(C)c1. The molecule has 106 valence electrons. The molecule has 2 nitrogen and oxygen atoms in total. The number of aryl methyl sites for hydroxylation is 2. The zero-order chi connectivity index (χ0) is 14.7.